The maximum atomic E-state index is 13.7. The van der Waals surface area contributed by atoms with Crippen molar-refractivity contribution in [2.45, 2.75) is 11.3 Å². The smallest absolute Gasteiger partial charge is 0.123 e. The van der Waals surface area contributed by atoms with Crippen LogP contribution in [0, 0.1) is 11.6 Å². The monoisotopic (exact) mass is 328 g/mol. The van der Waals surface area contributed by atoms with Crippen molar-refractivity contribution < 1.29 is 8.78 Å². The summed E-state index contributed by atoms with van der Waals surface area (Å²) in [6, 6.07) is 11.1. The van der Waals surface area contributed by atoms with Crippen LogP contribution in [0.5, 0.6) is 0 Å². The first-order valence-corrected chi connectivity index (χ1v) is 8.35. The third kappa shape index (κ3) is 2.72. The van der Waals surface area contributed by atoms with Crippen LogP contribution in [-0.4, -0.2) is 5.75 Å². The molecule has 0 unspecified atom stereocenters. The highest BCUT2D eigenvalue weighted by molar-refractivity contribution is 7.99. The number of anilines is 1. The summed E-state index contributed by atoms with van der Waals surface area (Å²) in [5.74, 6) is 0.441. The zero-order valence-electron chi connectivity index (χ0n) is 12.2. The fraction of sp³-hybridized carbons (Fsp3) is 0.111. The summed E-state index contributed by atoms with van der Waals surface area (Å²) in [5.41, 5.74) is 7.10. The predicted molar refractivity (Wildman–Crippen MR) is 89.8 cm³/mol. The van der Waals surface area contributed by atoms with E-state index >= 15 is 0 Å². The van der Waals surface area contributed by atoms with Crippen LogP contribution in [0.3, 0.4) is 0 Å². The molecule has 0 bridgehead atoms. The summed E-state index contributed by atoms with van der Waals surface area (Å²) in [6.45, 7) is 0. The number of thioether (sulfide) groups is 1. The van der Waals surface area contributed by atoms with Crippen LogP contribution >= 0.6 is 11.8 Å². The van der Waals surface area contributed by atoms with E-state index in [0.717, 1.165) is 39.6 Å². The number of fused-ring (bicyclic) bond motifs is 2. The standard InChI is InChI=1S/C18H14F2N2S/c19-13-1-4-15(5-2-13)22-9-7-12-8-10-23-17-6-3-14(20)11-16(17)18(12)21-22/h1-7,9,11,21H,8,10H2. The minimum atomic E-state index is -0.270. The molecule has 0 amide bonds. The molecular weight excluding hydrogens is 314 g/mol. The van der Waals surface area contributed by atoms with Gasteiger partial charge in [0.1, 0.15) is 11.6 Å². The van der Waals surface area contributed by atoms with Crippen molar-refractivity contribution in [2.24, 2.45) is 0 Å². The van der Waals surface area contributed by atoms with Gasteiger partial charge >= 0.3 is 0 Å². The molecule has 0 aliphatic carbocycles. The Hall–Kier alpha value is -2.27. The SMILES string of the molecule is Fc1ccc(N2C=CC3=C(N2)c2cc(F)ccc2SCC3)cc1. The third-order valence-corrected chi connectivity index (χ3v) is 5.00. The number of nitrogens with zero attached hydrogens (tertiary/aromatic N) is 1. The highest BCUT2D eigenvalue weighted by atomic mass is 32.2. The molecule has 2 aliphatic rings. The minimum Gasteiger partial charge on any atom is -0.293 e. The normalized spacial score (nSPS) is 16.5. The molecule has 2 aromatic rings. The summed E-state index contributed by atoms with van der Waals surface area (Å²) in [5, 5.41) is 1.82. The molecular formula is C18H14F2N2S. The molecule has 2 heterocycles. The zero-order valence-corrected chi connectivity index (χ0v) is 13.0. The molecule has 0 saturated carbocycles. The Balaban J connectivity index is 1.74. The van der Waals surface area contributed by atoms with Crippen molar-refractivity contribution in [2.75, 3.05) is 10.8 Å². The first kappa shape index (κ1) is 14.3. The maximum absolute atomic E-state index is 13.7. The van der Waals surface area contributed by atoms with Gasteiger partial charge in [0.15, 0.2) is 0 Å². The molecule has 2 aromatic carbocycles. The number of benzene rings is 2. The summed E-state index contributed by atoms with van der Waals surface area (Å²) >= 11 is 1.73. The van der Waals surface area contributed by atoms with Crippen molar-refractivity contribution >= 4 is 23.1 Å². The van der Waals surface area contributed by atoms with Crippen LogP contribution in [0.1, 0.15) is 12.0 Å². The first-order chi connectivity index (χ1) is 11.2. The molecule has 0 radical (unpaired) electrons. The number of hydrogen-bond acceptors (Lipinski definition) is 3. The van der Waals surface area contributed by atoms with Crippen molar-refractivity contribution in [3.8, 4) is 0 Å². The van der Waals surface area contributed by atoms with E-state index < -0.39 is 0 Å². The van der Waals surface area contributed by atoms with Crippen LogP contribution in [0.2, 0.25) is 0 Å². The lowest BCUT2D eigenvalue weighted by atomic mass is 10.0. The van der Waals surface area contributed by atoms with Gasteiger partial charge in [-0.25, -0.2) is 8.78 Å². The van der Waals surface area contributed by atoms with Gasteiger partial charge in [-0.2, -0.15) is 0 Å². The molecule has 0 saturated heterocycles. The van der Waals surface area contributed by atoms with Gasteiger partial charge in [-0.15, -0.1) is 11.8 Å². The van der Waals surface area contributed by atoms with Crippen LogP contribution < -0.4 is 10.4 Å². The van der Waals surface area contributed by atoms with E-state index in [0.29, 0.717) is 0 Å². The Labute approximate surface area is 137 Å². The van der Waals surface area contributed by atoms with E-state index in [4.69, 9.17) is 0 Å². The largest absolute Gasteiger partial charge is 0.293 e. The van der Waals surface area contributed by atoms with Gasteiger partial charge in [0.25, 0.3) is 0 Å². The van der Waals surface area contributed by atoms with E-state index in [1.165, 1.54) is 18.2 Å². The fourth-order valence-electron chi connectivity index (χ4n) is 2.77. The zero-order chi connectivity index (χ0) is 15.8. The van der Waals surface area contributed by atoms with E-state index in [1.54, 1.807) is 30.0 Å². The summed E-state index contributed by atoms with van der Waals surface area (Å²) in [4.78, 5) is 1.07. The summed E-state index contributed by atoms with van der Waals surface area (Å²) in [6.07, 6.45) is 4.87. The number of nitrogens with one attached hydrogen (secondary N) is 1. The van der Waals surface area contributed by atoms with Gasteiger partial charge in [-0.05, 0) is 60.5 Å². The van der Waals surface area contributed by atoms with E-state index in [-0.39, 0.29) is 11.6 Å². The second kappa shape index (κ2) is 5.74. The minimum absolute atomic E-state index is 0.247. The molecule has 5 heteroatoms. The van der Waals surface area contributed by atoms with Gasteiger partial charge in [-0.1, -0.05) is 0 Å². The molecule has 0 fully saturated rings. The second-order valence-corrected chi connectivity index (χ2v) is 6.55. The Bertz CT molecular complexity index is 812. The molecule has 2 nitrogen and oxygen atoms in total. The maximum Gasteiger partial charge on any atom is 0.123 e. The van der Waals surface area contributed by atoms with E-state index in [9.17, 15) is 8.78 Å². The summed E-state index contributed by atoms with van der Waals surface area (Å²) in [7, 11) is 0. The first-order valence-electron chi connectivity index (χ1n) is 7.36. The highest BCUT2D eigenvalue weighted by Gasteiger charge is 2.21. The number of hydrogen-bond donors (Lipinski definition) is 1. The molecule has 0 atom stereocenters. The highest BCUT2D eigenvalue weighted by Crippen LogP contribution is 2.37. The van der Waals surface area contributed by atoms with Crippen molar-refractivity contribution in [1.82, 2.24) is 5.43 Å². The Morgan fingerprint density at radius 1 is 1.00 bits per heavy atom. The van der Waals surface area contributed by atoms with Crippen molar-refractivity contribution in [1.29, 1.82) is 0 Å². The molecule has 23 heavy (non-hydrogen) atoms. The van der Waals surface area contributed by atoms with Crippen LogP contribution in [0.25, 0.3) is 5.70 Å². The number of hydrazine groups is 1. The molecule has 116 valence electrons. The topological polar surface area (TPSA) is 15.3 Å². The van der Waals surface area contributed by atoms with Gasteiger partial charge in [0, 0.05) is 22.4 Å². The lowest BCUT2D eigenvalue weighted by Crippen LogP contribution is -2.35. The third-order valence-electron chi connectivity index (χ3n) is 3.92. The van der Waals surface area contributed by atoms with E-state index in [1.807, 2.05) is 23.4 Å². The number of halogens is 2. The molecule has 0 spiro atoms. The fourth-order valence-corrected chi connectivity index (χ4v) is 3.79. The Kier molecular flexibility index (Phi) is 3.58. The van der Waals surface area contributed by atoms with Crippen molar-refractivity contribution in [3.05, 3.63) is 77.5 Å². The predicted octanol–water partition coefficient (Wildman–Crippen LogP) is 4.71. The average Bonchev–Trinajstić information content (AvgIpc) is 2.74. The summed E-state index contributed by atoms with van der Waals surface area (Å²) < 4.78 is 26.8. The van der Waals surface area contributed by atoms with Crippen LogP contribution in [0.15, 0.2) is 65.2 Å². The molecule has 4 rings (SSSR count). The van der Waals surface area contributed by atoms with Gasteiger partial charge < -0.3 is 0 Å². The van der Waals surface area contributed by atoms with Gasteiger partial charge in [-0.3, -0.25) is 10.4 Å². The van der Waals surface area contributed by atoms with Crippen LogP contribution in [0.4, 0.5) is 14.5 Å². The van der Waals surface area contributed by atoms with Gasteiger partial charge in [0.05, 0.1) is 11.4 Å². The Morgan fingerprint density at radius 3 is 2.61 bits per heavy atom. The van der Waals surface area contributed by atoms with E-state index in [2.05, 4.69) is 5.43 Å². The molecule has 0 aromatic heterocycles. The van der Waals surface area contributed by atoms with Gasteiger partial charge in [0.2, 0.25) is 0 Å². The van der Waals surface area contributed by atoms with Crippen molar-refractivity contribution in [3.63, 3.8) is 0 Å². The number of allylic oxidation sites excluding steroid dienone is 2. The lowest BCUT2D eigenvalue weighted by Gasteiger charge is -2.29. The average molecular weight is 328 g/mol. The van der Waals surface area contributed by atoms with Crippen LogP contribution in [-0.2, 0) is 0 Å². The lowest BCUT2D eigenvalue weighted by molar-refractivity contribution is 0.625. The molecule has 1 N–H and O–H groups in total. The number of rotatable bonds is 1. The second-order valence-electron chi connectivity index (χ2n) is 5.41. The Morgan fingerprint density at radius 2 is 1.78 bits per heavy atom. The quantitative estimate of drug-likeness (QED) is 0.816. The molecule has 2 aliphatic heterocycles.